The number of alkyl halides is 3. The Kier molecular flexibility index (Phi) is 3.47. The van der Waals surface area contributed by atoms with Gasteiger partial charge in [-0.3, -0.25) is 4.79 Å². The van der Waals surface area contributed by atoms with E-state index >= 15 is 0 Å². The predicted octanol–water partition coefficient (Wildman–Crippen LogP) is 1.38. The van der Waals surface area contributed by atoms with Crippen LogP contribution in [0.3, 0.4) is 0 Å². The molecule has 0 aliphatic heterocycles. The Balaban J connectivity index is 3.06. The molecule has 1 aromatic carbocycles. The highest BCUT2D eigenvalue weighted by Gasteiger charge is 2.32. The van der Waals surface area contributed by atoms with Crippen LogP contribution in [-0.4, -0.2) is 22.5 Å². The van der Waals surface area contributed by atoms with E-state index in [0.717, 1.165) is 18.2 Å². The van der Waals surface area contributed by atoms with Gasteiger partial charge in [-0.2, -0.15) is 0 Å². The van der Waals surface area contributed by atoms with E-state index in [-0.39, 0.29) is 5.56 Å². The normalized spacial score (nSPS) is 13.2. The van der Waals surface area contributed by atoms with Crippen LogP contribution in [0.25, 0.3) is 0 Å². The first-order chi connectivity index (χ1) is 7.70. The third-order valence-corrected chi connectivity index (χ3v) is 1.83. The lowest BCUT2D eigenvalue weighted by molar-refractivity contribution is -0.275. The van der Waals surface area contributed by atoms with E-state index in [0.29, 0.717) is 0 Å². The van der Waals surface area contributed by atoms with E-state index in [9.17, 15) is 18.0 Å². The van der Waals surface area contributed by atoms with Gasteiger partial charge in [0.25, 0.3) is 0 Å². The van der Waals surface area contributed by atoms with Gasteiger partial charge in [-0.05, 0) is 17.7 Å². The molecule has 0 saturated heterocycles. The Hall–Kier alpha value is -1.96. The number of phenols is 1. The minimum Gasteiger partial charge on any atom is -0.504 e. The molecule has 0 aromatic heterocycles. The smallest absolute Gasteiger partial charge is 0.504 e. The summed E-state index contributed by atoms with van der Waals surface area (Å²) in [5.41, 5.74) is 5.09. The number of hydrogen-bond donors (Lipinski definition) is 3. The van der Waals surface area contributed by atoms with Crippen LogP contribution in [0.2, 0.25) is 0 Å². The van der Waals surface area contributed by atoms with E-state index in [1.807, 2.05) is 0 Å². The number of carboxylic acids is 1. The Labute approximate surface area is 93.2 Å². The molecule has 0 saturated carbocycles. The van der Waals surface area contributed by atoms with Gasteiger partial charge in [-0.15, -0.1) is 13.2 Å². The highest BCUT2D eigenvalue weighted by Crippen LogP contribution is 2.33. The van der Waals surface area contributed by atoms with Crippen molar-refractivity contribution in [2.45, 2.75) is 12.4 Å². The van der Waals surface area contributed by atoms with Gasteiger partial charge in [-0.1, -0.05) is 6.07 Å². The van der Waals surface area contributed by atoms with Crippen LogP contribution in [0.1, 0.15) is 11.6 Å². The number of rotatable bonds is 3. The monoisotopic (exact) mass is 251 g/mol. The maximum Gasteiger partial charge on any atom is 0.573 e. The second kappa shape index (κ2) is 4.50. The molecule has 1 aromatic rings. The summed E-state index contributed by atoms with van der Waals surface area (Å²) in [5.74, 6) is -3.07. The molecule has 17 heavy (non-hydrogen) atoms. The number of ether oxygens (including phenoxy) is 1. The lowest BCUT2D eigenvalue weighted by Gasteiger charge is -2.13. The molecule has 0 heterocycles. The van der Waals surface area contributed by atoms with E-state index in [4.69, 9.17) is 15.9 Å². The van der Waals surface area contributed by atoms with Crippen LogP contribution in [-0.2, 0) is 4.79 Å². The Bertz CT molecular complexity index is 433. The van der Waals surface area contributed by atoms with Crippen molar-refractivity contribution >= 4 is 5.97 Å². The fourth-order valence-corrected chi connectivity index (χ4v) is 1.07. The topological polar surface area (TPSA) is 92.8 Å². The number of carboxylic acid groups (broad SMARTS) is 1. The fourth-order valence-electron chi connectivity index (χ4n) is 1.07. The lowest BCUT2D eigenvalue weighted by Crippen LogP contribution is -2.21. The van der Waals surface area contributed by atoms with Crippen molar-refractivity contribution in [3.05, 3.63) is 23.8 Å². The van der Waals surface area contributed by atoms with Crippen LogP contribution < -0.4 is 10.5 Å². The molecule has 0 bridgehead atoms. The molecule has 0 aliphatic carbocycles. The standard InChI is InChI=1S/C9H8F3NO4/c10-9(11,12)17-6-3-4(1-2-5(6)14)7(13)8(15)16/h1-3,7,14H,13H2,(H,15,16)/t7-/m0/s1. The van der Waals surface area contributed by atoms with E-state index < -0.39 is 29.9 Å². The third kappa shape index (κ3) is 3.52. The molecule has 1 rings (SSSR count). The number of hydrogen-bond acceptors (Lipinski definition) is 4. The molecule has 4 N–H and O–H groups in total. The molecule has 0 radical (unpaired) electrons. The maximum atomic E-state index is 11.9. The van der Waals surface area contributed by atoms with Crippen molar-refractivity contribution in [2.24, 2.45) is 5.73 Å². The molecule has 94 valence electrons. The SMILES string of the molecule is N[C@H](C(=O)O)c1ccc(O)c(OC(F)(F)F)c1. The van der Waals surface area contributed by atoms with E-state index in [1.54, 1.807) is 0 Å². The Morgan fingerprint density at radius 3 is 2.47 bits per heavy atom. The molecule has 0 unspecified atom stereocenters. The first-order valence-electron chi connectivity index (χ1n) is 4.28. The minimum atomic E-state index is -4.98. The van der Waals surface area contributed by atoms with Crippen molar-refractivity contribution in [2.75, 3.05) is 0 Å². The van der Waals surface area contributed by atoms with Gasteiger partial charge in [0.2, 0.25) is 0 Å². The molecule has 8 heteroatoms. The zero-order valence-electron chi connectivity index (χ0n) is 8.23. The lowest BCUT2D eigenvalue weighted by atomic mass is 10.1. The van der Waals surface area contributed by atoms with Gasteiger partial charge in [0.05, 0.1) is 0 Å². The number of benzene rings is 1. The van der Waals surface area contributed by atoms with Crippen molar-refractivity contribution < 1.29 is 32.9 Å². The summed E-state index contributed by atoms with van der Waals surface area (Å²) >= 11 is 0. The molecule has 5 nitrogen and oxygen atoms in total. The van der Waals surface area contributed by atoms with Gasteiger partial charge in [0.1, 0.15) is 6.04 Å². The average Bonchev–Trinajstić information content (AvgIpc) is 2.18. The van der Waals surface area contributed by atoms with Gasteiger partial charge in [-0.25, -0.2) is 0 Å². The average molecular weight is 251 g/mol. The zero-order chi connectivity index (χ0) is 13.2. The van der Waals surface area contributed by atoms with Gasteiger partial charge in [0.15, 0.2) is 11.5 Å². The number of nitrogens with two attached hydrogens (primary N) is 1. The molecular formula is C9H8F3NO4. The van der Waals surface area contributed by atoms with Gasteiger partial charge >= 0.3 is 12.3 Å². The van der Waals surface area contributed by atoms with E-state index in [2.05, 4.69) is 4.74 Å². The van der Waals surface area contributed by atoms with Gasteiger partial charge < -0.3 is 20.7 Å². The summed E-state index contributed by atoms with van der Waals surface area (Å²) in [5, 5.41) is 17.7. The number of aromatic hydroxyl groups is 1. The van der Waals surface area contributed by atoms with Crippen molar-refractivity contribution in [1.29, 1.82) is 0 Å². The third-order valence-electron chi connectivity index (χ3n) is 1.83. The highest BCUT2D eigenvalue weighted by atomic mass is 19.4. The second-order valence-electron chi connectivity index (χ2n) is 3.09. The maximum absolute atomic E-state index is 11.9. The van der Waals surface area contributed by atoms with Crippen LogP contribution in [0, 0.1) is 0 Å². The van der Waals surface area contributed by atoms with Crippen molar-refractivity contribution in [3.8, 4) is 11.5 Å². The summed E-state index contributed by atoms with van der Waals surface area (Å²) in [6, 6.07) is 1.20. The van der Waals surface area contributed by atoms with E-state index in [1.165, 1.54) is 0 Å². The number of carbonyl (C=O) groups is 1. The number of aliphatic carboxylic acids is 1. The van der Waals surface area contributed by atoms with Crippen LogP contribution in [0.15, 0.2) is 18.2 Å². The van der Waals surface area contributed by atoms with Crippen molar-refractivity contribution in [3.63, 3.8) is 0 Å². The molecule has 0 aliphatic rings. The molecule has 0 spiro atoms. The Morgan fingerprint density at radius 2 is 2.00 bits per heavy atom. The van der Waals surface area contributed by atoms with Crippen LogP contribution in [0.5, 0.6) is 11.5 Å². The van der Waals surface area contributed by atoms with Crippen LogP contribution >= 0.6 is 0 Å². The predicted molar refractivity (Wildman–Crippen MR) is 49.4 cm³/mol. The Morgan fingerprint density at radius 1 is 1.41 bits per heavy atom. The summed E-state index contributed by atoms with van der Waals surface area (Å²) in [7, 11) is 0. The fraction of sp³-hybridized carbons (Fsp3) is 0.222. The molecule has 0 amide bonds. The first kappa shape index (κ1) is 13.1. The van der Waals surface area contributed by atoms with Gasteiger partial charge in [0, 0.05) is 0 Å². The summed E-state index contributed by atoms with van der Waals surface area (Å²) in [6.07, 6.45) is -4.98. The van der Waals surface area contributed by atoms with Crippen LogP contribution in [0.4, 0.5) is 13.2 Å². The first-order valence-corrected chi connectivity index (χ1v) is 4.28. The highest BCUT2D eigenvalue weighted by molar-refractivity contribution is 5.75. The molecular weight excluding hydrogens is 243 g/mol. The summed E-state index contributed by atoms with van der Waals surface area (Å²) in [6.45, 7) is 0. The number of phenolic OH excluding ortho intramolecular Hbond substituents is 1. The zero-order valence-corrected chi connectivity index (χ0v) is 8.23. The summed E-state index contributed by atoms with van der Waals surface area (Å²) in [4.78, 5) is 10.5. The largest absolute Gasteiger partial charge is 0.573 e. The molecule has 0 fully saturated rings. The second-order valence-corrected chi connectivity index (χ2v) is 3.09. The molecule has 1 atom stereocenters. The van der Waals surface area contributed by atoms with Crippen molar-refractivity contribution in [1.82, 2.24) is 0 Å². The number of halogens is 3. The summed E-state index contributed by atoms with van der Waals surface area (Å²) < 4.78 is 39.3. The quantitative estimate of drug-likeness (QED) is 0.754. The minimum absolute atomic E-state index is 0.116.